The molecule has 2 aliphatic rings. The molecule has 2 amide bonds. The molecule has 0 saturated heterocycles. The van der Waals surface area contributed by atoms with Crippen molar-refractivity contribution in [1.82, 2.24) is 5.32 Å². The lowest BCUT2D eigenvalue weighted by molar-refractivity contribution is -0.118. The predicted molar refractivity (Wildman–Crippen MR) is 128 cm³/mol. The number of anilines is 1. The summed E-state index contributed by atoms with van der Waals surface area (Å²) < 4.78 is 5.57. The molecule has 8 heteroatoms. The molecular formula is C27H24N2O6. The topological polar surface area (TPSA) is 125 Å². The molecule has 0 radical (unpaired) electrons. The maximum atomic E-state index is 12.9. The van der Waals surface area contributed by atoms with Gasteiger partial charge in [0.25, 0.3) is 0 Å². The molecule has 2 aliphatic carbocycles. The Morgan fingerprint density at radius 2 is 1.57 bits per heavy atom. The van der Waals surface area contributed by atoms with Gasteiger partial charge in [-0.3, -0.25) is 4.79 Å². The van der Waals surface area contributed by atoms with Gasteiger partial charge in [0, 0.05) is 5.92 Å². The lowest BCUT2D eigenvalue weighted by atomic mass is 9.98. The lowest BCUT2D eigenvalue weighted by Gasteiger charge is -2.20. The number of amides is 2. The summed E-state index contributed by atoms with van der Waals surface area (Å²) in [5.41, 5.74) is 4.22. The molecule has 8 nitrogen and oxygen atoms in total. The van der Waals surface area contributed by atoms with Gasteiger partial charge in [-0.15, -0.1) is 0 Å². The van der Waals surface area contributed by atoms with Crippen LogP contribution in [0, 0.1) is 5.92 Å². The predicted octanol–water partition coefficient (Wildman–Crippen LogP) is 4.35. The smallest absolute Gasteiger partial charge is 0.407 e. The molecule has 0 aromatic heterocycles. The summed E-state index contributed by atoms with van der Waals surface area (Å²) in [6, 6.07) is 18.8. The number of hydrogen-bond donors (Lipinski definition) is 4. The van der Waals surface area contributed by atoms with Gasteiger partial charge in [0.2, 0.25) is 5.91 Å². The van der Waals surface area contributed by atoms with E-state index < -0.39 is 24.0 Å². The Balaban J connectivity index is 1.26. The number of phenolic OH excluding ortho intramolecular Hbond substituents is 1. The fourth-order valence-corrected chi connectivity index (χ4v) is 4.62. The number of fused-ring (bicyclic) bond motifs is 3. The quantitative estimate of drug-likeness (QED) is 0.379. The first-order valence-electron chi connectivity index (χ1n) is 11.4. The number of benzene rings is 3. The van der Waals surface area contributed by atoms with Crippen molar-refractivity contribution < 1.29 is 29.3 Å². The Labute approximate surface area is 201 Å². The molecule has 1 fully saturated rings. The monoisotopic (exact) mass is 472 g/mol. The van der Waals surface area contributed by atoms with E-state index in [0.717, 1.165) is 41.2 Å². The number of aromatic carboxylic acids is 1. The molecule has 3 aromatic carbocycles. The van der Waals surface area contributed by atoms with Crippen molar-refractivity contribution in [3.05, 3.63) is 83.4 Å². The summed E-state index contributed by atoms with van der Waals surface area (Å²) in [4.78, 5) is 37.1. The van der Waals surface area contributed by atoms with E-state index in [4.69, 9.17) is 4.74 Å². The van der Waals surface area contributed by atoms with Gasteiger partial charge in [0.1, 0.15) is 18.4 Å². The number of ether oxygens (including phenoxy) is 1. The van der Waals surface area contributed by atoms with Crippen LogP contribution < -0.4 is 10.6 Å². The Kier molecular flexibility index (Phi) is 5.86. The molecule has 0 heterocycles. The third-order valence-corrected chi connectivity index (χ3v) is 6.48. The number of carboxylic acids is 1. The summed E-state index contributed by atoms with van der Waals surface area (Å²) in [5.74, 6) is -2.20. The van der Waals surface area contributed by atoms with Crippen LogP contribution in [-0.4, -0.2) is 40.8 Å². The second kappa shape index (κ2) is 9.13. The Hall–Kier alpha value is -4.33. The number of carboxylic acid groups (broad SMARTS) is 1. The fourth-order valence-electron chi connectivity index (χ4n) is 4.62. The van der Waals surface area contributed by atoms with Crippen LogP contribution in [0.2, 0.25) is 0 Å². The van der Waals surface area contributed by atoms with Crippen LogP contribution in [0.4, 0.5) is 10.5 Å². The SMILES string of the molecule is O=C(NC(C(=O)Nc1ccc(O)cc1C(=O)O)C1CC1)OCC1c2ccccc2-c2ccccc21. The van der Waals surface area contributed by atoms with Crippen LogP contribution in [0.15, 0.2) is 66.7 Å². The molecule has 4 N–H and O–H groups in total. The largest absolute Gasteiger partial charge is 0.508 e. The second-order valence-corrected chi connectivity index (χ2v) is 8.81. The van der Waals surface area contributed by atoms with Crippen LogP contribution in [0.1, 0.15) is 40.2 Å². The number of rotatable bonds is 7. The fraction of sp³-hybridized carbons (Fsp3) is 0.222. The Bertz CT molecular complexity index is 1270. The van der Waals surface area contributed by atoms with Gasteiger partial charge < -0.3 is 25.6 Å². The number of phenols is 1. The van der Waals surface area contributed by atoms with Crippen molar-refractivity contribution in [3.8, 4) is 16.9 Å². The highest BCUT2D eigenvalue weighted by atomic mass is 16.5. The summed E-state index contributed by atoms with van der Waals surface area (Å²) >= 11 is 0. The van der Waals surface area contributed by atoms with E-state index in [0.29, 0.717) is 0 Å². The van der Waals surface area contributed by atoms with Gasteiger partial charge in [-0.05, 0) is 59.2 Å². The van der Waals surface area contributed by atoms with E-state index in [1.807, 2.05) is 36.4 Å². The zero-order chi connectivity index (χ0) is 24.5. The van der Waals surface area contributed by atoms with Crippen LogP contribution in [0.3, 0.4) is 0 Å². The molecule has 35 heavy (non-hydrogen) atoms. The molecule has 1 saturated carbocycles. The Morgan fingerprint density at radius 3 is 2.17 bits per heavy atom. The van der Waals surface area contributed by atoms with Gasteiger partial charge in [-0.2, -0.15) is 0 Å². The van der Waals surface area contributed by atoms with Crippen molar-refractivity contribution in [2.75, 3.05) is 11.9 Å². The van der Waals surface area contributed by atoms with E-state index >= 15 is 0 Å². The van der Waals surface area contributed by atoms with E-state index in [1.54, 1.807) is 0 Å². The first kappa shape index (κ1) is 22.5. The van der Waals surface area contributed by atoms with Crippen LogP contribution in [-0.2, 0) is 9.53 Å². The molecule has 178 valence electrons. The molecular weight excluding hydrogens is 448 g/mol. The molecule has 1 atom stereocenters. The number of alkyl carbamates (subject to hydrolysis) is 1. The minimum absolute atomic E-state index is 0.0419. The summed E-state index contributed by atoms with van der Waals surface area (Å²) in [6.45, 7) is 0.125. The average Bonchev–Trinajstić information content (AvgIpc) is 3.64. The van der Waals surface area contributed by atoms with Crippen molar-refractivity contribution in [2.24, 2.45) is 5.92 Å². The van der Waals surface area contributed by atoms with Crippen molar-refractivity contribution in [1.29, 1.82) is 0 Å². The van der Waals surface area contributed by atoms with Crippen molar-refractivity contribution >= 4 is 23.7 Å². The van der Waals surface area contributed by atoms with Gasteiger partial charge >= 0.3 is 12.1 Å². The number of carbonyl (C=O) groups is 3. The first-order chi connectivity index (χ1) is 16.9. The molecule has 0 spiro atoms. The summed E-state index contributed by atoms with van der Waals surface area (Å²) in [5, 5.41) is 24.2. The van der Waals surface area contributed by atoms with Gasteiger partial charge in [-0.25, -0.2) is 9.59 Å². The first-order valence-corrected chi connectivity index (χ1v) is 11.4. The number of hydrogen-bond acceptors (Lipinski definition) is 5. The highest BCUT2D eigenvalue weighted by Crippen LogP contribution is 2.44. The molecule has 0 aliphatic heterocycles. The van der Waals surface area contributed by atoms with Crippen LogP contribution >= 0.6 is 0 Å². The Morgan fingerprint density at radius 1 is 0.943 bits per heavy atom. The van der Waals surface area contributed by atoms with Gasteiger partial charge in [0.15, 0.2) is 0 Å². The number of nitrogens with one attached hydrogen (secondary N) is 2. The van der Waals surface area contributed by atoms with E-state index in [-0.39, 0.29) is 35.4 Å². The van der Waals surface area contributed by atoms with E-state index in [1.165, 1.54) is 12.1 Å². The third-order valence-electron chi connectivity index (χ3n) is 6.48. The minimum Gasteiger partial charge on any atom is -0.508 e. The summed E-state index contributed by atoms with van der Waals surface area (Å²) in [7, 11) is 0. The standard InChI is InChI=1S/C27H24N2O6/c30-16-11-12-23(21(13-16)26(32)33)28-25(31)24(15-9-10-15)29-27(34)35-14-22-19-7-3-1-5-17(19)18-6-2-4-8-20(18)22/h1-8,11-13,15,22,24,30H,9-10,14H2,(H,28,31)(H,29,34)(H,32,33). The van der Waals surface area contributed by atoms with Crippen LogP contribution in [0.25, 0.3) is 11.1 Å². The highest BCUT2D eigenvalue weighted by molar-refractivity contribution is 6.03. The molecule has 1 unspecified atom stereocenters. The molecule has 0 bridgehead atoms. The van der Waals surface area contributed by atoms with Gasteiger partial charge in [0.05, 0.1) is 11.3 Å². The number of aromatic hydroxyl groups is 1. The maximum Gasteiger partial charge on any atom is 0.407 e. The maximum absolute atomic E-state index is 12.9. The van der Waals surface area contributed by atoms with Crippen molar-refractivity contribution in [2.45, 2.75) is 24.8 Å². The second-order valence-electron chi connectivity index (χ2n) is 8.81. The lowest BCUT2D eigenvalue weighted by Crippen LogP contribution is -2.45. The normalized spacial score (nSPS) is 15.0. The minimum atomic E-state index is -1.29. The third kappa shape index (κ3) is 4.55. The zero-order valence-electron chi connectivity index (χ0n) is 18.7. The van der Waals surface area contributed by atoms with E-state index in [2.05, 4.69) is 22.8 Å². The molecule has 3 aromatic rings. The summed E-state index contributed by atoms with van der Waals surface area (Å²) in [6.07, 6.45) is 0.828. The van der Waals surface area contributed by atoms with Crippen molar-refractivity contribution in [3.63, 3.8) is 0 Å². The average molecular weight is 472 g/mol. The molecule has 5 rings (SSSR count). The highest BCUT2D eigenvalue weighted by Gasteiger charge is 2.38. The van der Waals surface area contributed by atoms with E-state index in [9.17, 15) is 24.6 Å². The van der Waals surface area contributed by atoms with Crippen LogP contribution in [0.5, 0.6) is 5.75 Å². The number of carbonyl (C=O) groups excluding carboxylic acids is 2. The zero-order valence-corrected chi connectivity index (χ0v) is 18.7. The van der Waals surface area contributed by atoms with Gasteiger partial charge in [-0.1, -0.05) is 48.5 Å².